The fraction of sp³-hybridized carbons (Fsp3) is 0.240. The molecule has 5 nitrogen and oxygen atoms in total. The first-order chi connectivity index (χ1) is 15.0. The van der Waals surface area contributed by atoms with Gasteiger partial charge in [0, 0.05) is 29.5 Å². The minimum atomic E-state index is -0.371. The molecule has 6 heteroatoms. The van der Waals surface area contributed by atoms with Crippen molar-refractivity contribution in [1.29, 1.82) is 0 Å². The normalized spacial score (nSPS) is 11.3. The number of benzene rings is 2. The standard InChI is InChI=1S/C25H25N3O2S/c1-16(2)17-10-12-18(13-11-17)20-15-31-24-22(20)25(30)28(14-6-9-21(26)29)23(27-24)19-7-4-3-5-8-19/h3-5,7-8,10-13,15-16H,6,9,14H2,1-2H3,(H2,26,29). The van der Waals surface area contributed by atoms with Crippen molar-refractivity contribution in [3.63, 3.8) is 0 Å². The summed E-state index contributed by atoms with van der Waals surface area (Å²) in [4.78, 5) is 30.5. The van der Waals surface area contributed by atoms with Gasteiger partial charge >= 0.3 is 0 Å². The van der Waals surface area contributed by atoms with Gasteiger partial charge < -0.3 is 5.73 Å². The minimum Gasteiger partial charge on any atom is -0.370 e. The third-order valence-corrected chi connectivity index (χ3v) is 6.29. The number of nitrogens with zero attached hydrogens (tertiary/aromatic N) is 2. The van der Waals surface area contributed by atoms with Gasteiger partial charge in [0.05, 0.1) is 5.39 Å². The molecule has 2 heterocycles. The van der Waals surface area contributed by atoms with E-state index in [1.165, 1.54) is 16.9 Å². The molecule has 4 rings (SSSR count). The number of nitrogens with two attached hydrogens (primary N) is 1. The molecule has 2 N–H and O–H groups in total. The molecule has 0 unspecified atom stereocenters. The number of carbonyl (C=O) groups is 1. The molecule has 0 aliphatic rings. The van der Waals surface area contributed by atoms with Crippen LogP contribution in [0.3, 0.4) is 0 Å². The molecule has 158 valence electrons. The van der Waals surface area contributed by atoms with Crippen molar-refractivity contribution < 1.29 is 4.79 Å². The molecule has 0 atom stereocenters. The number of amides is 1. The Morgan fingerprint density at radius 3 is 2.42 bits per heavy atom. The van der Waals surface area contributed by atoms with E-state index in [9.17, 15) is 9.59 Å². The van der Waals surface area contributed by atoms with Gasteiger partial charge in [0.2, 0.25) is 5.91 Å². The van der Waals surface area contributed by atoms with Crippen LogP contribution in [0.25, 0.3) is 32.7 Å². The second-order valence-corrected chi connectivity index (χ2v) is 8.79. The average Bonchev–Trinajstić information content (AvgIpc) is 3.20. The van der Waals surface area contributed by atoms with Crippen molar-refractivity contribution in [3.05, 3.63) is 75.9 Å². The third kappa shape index (κ3) is 4.30. The lowest BCUT2D eigenvalue weighted by Gasteiger charge is -2.13. The molecule has 2 aromatic carbocycles. The number of rotatable bonds is 7. The number of hydrogen-bond acceptors (Lipinski definition) is 4. The molecule has 0 aliphatic heterocycles. The monoisotopic (exact) mass is 431 g/mol. The largest absolute Gasteiger partial charge is 0.370 e. The lowest BCUT2D eigenvalue weighted by molar-refractivity contribution is -0.118. The van der Waals surface area contributed by atoms with E-state index in [2.05, 4.69) is 38.1 Å². The molecule has 1 amide bonds. The fourth-order valence-electron chi connectivity index (χ4n) is 3.71. The van der Waals surface area contributed by atoms with Crippen molar-refractivity contribution >= 4 is 27.5 Å². The Labute approximate surface area is 185 Å². The van der Waals surface area contributed by atoms with Gasteiger partial charge in [-0.25, -0.2) is 4.98 Å². The number of primary amides is 1. The summed E-state index contributed by atoms with van der Waals surface area (Å²) in [5.41, 5.74) is 9.26. The molecule has 0 bridgehead atoms. The second kappa shape index (κ2) is 8.86. The maximum Gasteiger partial charge on any atom is 0.263 e. The van der Waals surface area contributed by atoms with Crippen molar-refractivity contribution in [2.75, 3.05) is 0 Å². The Kier molecular flexibility index (Phi) is 6.00. The van der Waals surface area contributed by atoms with Crippen molar-refractivity contribution in [1.82, 2.24) is 9.55 Å². The molecule has 0 aliphatic carbocycles. The Morgan fingerprint density at radius 2 is 1.77 bits per heavy atom. The highest BCUT2D eigenvalue weighted by atomic mass is 32.1. The number of thiophene rings is 1. The van der Waals surface area contributed by atoms with E-state index in [1.54, 1.807) is 4.57 Å². The van der Waals surface area contributed by atoms with Crippen LogP contribution in [-0.4, -0.2) is 15.5 Å². The van der Waals surface area contributed by atoms with Gasteiger partial charge in [0.25, 0.3) is 5.56 Å². The third-order valence-electron chi connectivity index (χ3n) is 5.42. The van der Waals surface area contributed by atoms with Crippen LogP contribution in [0.2, 0.25) is 0 Å². The Morgan fingerprint density at radius 1 is 1.06 bits per heavy atom. The van der Waals surface area contributed by atoms with Crippen LogP contribution in [0.15, 0.2) is 64.8 Å². The summed E-state index contributed by atoms with van der Waals surface area (Å²) in [6.07, 6.45) is 0.719. The van der Waals surface area contributed by atoms with Gasteiger partial charge in [-0.05, 0) is 23.5 Å². The minimum absolute atomic E-state index is 0.0856. The van der Waals surface area contributed by atoms with Crippen LogP contribution < -0.4 is 11.3 Å². The first-order valence-corrected chi connectivity index (χ1v) is 11.3. The van der Waals surface area contributed by atoms with Crippen molar-refractivity contribution in [2.45, 2.75) is 39.2 Å². The van der Waals surface area contributed by atoms with Crippen molar-refractivity contribution in [2.24, 2.45) is 5.73 Å². The summed E-state index contributed by atoms with van der Waals surface area (Å²) >= 11 is 1.48. The number of hydrogen-bond donors (Lipinski definition) is 1. The highest BCUT2D eigenvalue weighted by Crippen LogP contribution is 2.33. The number of aromatic nitrogens is 2. The molecular formula is C25H25N3O2S. The molecule has 4 aromatic rings. The summed E-state index contributed by atoms with van der Waals surface area (Å²) in [5, 5.41) is 2.63. The zero-order valence-electron chi connectivity index (χ0n) is 17.7. The predicted molar refractivity (Wildman–Crippen MR) is 127 cm³/mol. The SMILES string of the molecule is CC(C)c1ccc(-c2csc3nc(-c4ccccc4)n(CCCC(N)=O)c(=O)c23)cc1. The van der Waals surface area contributed by atoms with Gasteiger partial charge in [0.1, 0.15) is 10.7 Å². The Hall–Kier alpha value is -3.25. The summed E-state index contributed by atoms with van der Waals surface area (Å²) in [6, 6.07) is 18.0. The maximum absolute atomic E-state index is 13.6. The van der Waals surface area contributed by atoms with Crippen LogP contribution in [0, 0.1) is 0 Å². The summed E-state index contributed by atoms with van der Waals surface area (Å²) in [6.45, 7) is 4.71. The van der Waals surface area contributed by atoms with Gasteiger partial charge in [-0.1, -0.05) is 68.4 Å². The molecule has 0 saturated carbocycles. The van der Waals surface area contributed by atoms with Crippen LogP contribution >= 0.6 is 11.3 Å². The highest BCUT2D eigenvalue weighted by Gasteiger charge is 2.18. The van der Waals surface area contributed by atoms with Crippen molar-refractivity contribution in [3.8, 4) is 22.5 Å². The molecule has 2 aromatic heterocycles. The number of carbonyl (C=O) groups excluding carboxylic acids is 1. The predicted octanol–water partition coefficient (Wildman–Crippen LogP) is 5.18. The molecule has 0 spiro atoms. The smallest absolute Gasteiger partial charge is 0.263 e. The van der Waals surface area contributed by atoms with E-state index in [0.717, 1.165) is 21.5 Å². The number of fused-ring (bicyclic) bond motifs is 1. The molecule has 0 saturated heterocycles. The summed E-state index contributed by atoms with van der Waals surface area (Å²) in [7, 11) is 0. The highest BCUT2D eigenvalue weighted by molar-refractivity contribution is 7.17. The van der Waals surface area contributed by atoms with Crippen LogP contribution in [0.4, 0.5) is 0 Å². The van der Waals surface area contributed by atoms with E-state index < -0.39 is 0 Å². The Bertz CT molecular complexity index is 1270. The van der Waals surface area contributed by atoms with Gasteiger partial charge in [-0.15, -0.1) is 11.3 Å². The average molecular weight is 432 g/mol. The van der Waals surface area contributed by atoms with E-state index in [0.29, 0.717) is 30.1 Å². The van der Waals surface area contributed by atoms with Crippen LogP contribution in [-0.2, 0) is 11.3 Å². The topological polar surface area (TPSA) is 78.0 Å². The fourth-order valence-corrected chi connectivity index (χ4v) is 4.65. The van der Waals surface area contributed by atoms with E-state index in [1.807, 2.05) is 35.7 Å². The lowest BCUT2D eigenvalue weighted by atomic mass is 9.99. The van der Waals surface area contributed by atoms with E-state index >= 15 is 0 Å². The second-order valence-electron chi connectivity index (χ2n) is 7.93. The quantitative estimate of drug-likeness (QED) is 0.438. The molecule has 0 fully saturated rings. The maximum atomic E-state index is 13.6. The first kappa shape index (κ1) is 21.0. The van der Waals surface area contributed by atoms with Gasteiger partial charge in [0.15, 0.2) is 0 Å². The van der Waals surface area contributed by atoms with Gasteiger partial charge in [-0.3, -0.25) is 14.2 Å². The molecule has 31 heavy (non-hydrogen) atoms. The van der Waals surface area contributed by atoms with E-state index in [4.69, 9.17) is 10.7 Å². The first-order valence-electron chi connectivity index (χ1n) is 10.4. The summed E-state index contributed by atoms with van der Waals surface area (Å²) in [5.74, 6) is 0.696. The van der Waals surface area contributed by atoms with Crippen LogP contribution in [0.1, 0.15) is 38.2 Å². The summed E-state index contributed by atoms with van der Waals surface area (Å²) < 4.78 is 1.68. The lowest BCUT2D eigenvalue weighted by Crippen LogP contribution is -2.24. The zero-order chi connectivity index (χ0) is 22.0. The van der Waals surface area contributed by atoms with Gasteiger partial charge in [-0.2, -0.15) is 0 Å². The Balaban J connectivity index is 1.86. The molecule has 0 radical (unpaired) electrons. The zero-order valence-corrected chi connectivity index (χ0v) is 18.5. The van der Waals surface area contributed by atoms with E-state index in [-0.39, 0.29) is 17.9 Å². The van der Waals surface area contributed by atoms with Crippen LogP contribution in [0.5, 0.6) is 0 Å². The molecular weight excluding hydrogens is 406 g/mol.